The Labute approximate surface area is 124 Å². The van der Waals surface area contributed by atoms with E-state index in [4.69, 9.17) is 11.0 Å². The zero-order chi connectivity index (χ0) is 15.5. The van der Waals surface area contributed by atoms with Gasteiger partial charge in [-0.05, 0) is 36.8 Å². The smallest absolute Gasteiger partial charge is 0.261 e. The first-order valence-corrected chi connectivity index (χ1v) is 7.80. The lowest BCUT2D eigenvalue weighted by Gasteiger charge is -2.11. The summed E-state index contributed by atoms with van der Waals surface area (Å²) in [5.41, 5.74) is 7.12. The highest BCUT2D eigenvalue weighted by atomic mass is 32.2. The van der Waals surface area contributed by atoms with Gasteiger partial charge in [-0.1, -0.05) is 24.3 Å². The van der Waals surface area contributed by atoms with E-state index in [1.54, 1.807) is 36.4 Å². The molecule has 0 heterocycles. The van der Waals surface area contributed by atoms with Gasteiger partial charge in [-0.15, -0.1) is 0 Å². The maximum absolute atomic E-state index is 12.3. The summed E-state index contributed by atoms with van der Waals surface area (Å²) in [5, 5.41) is 8.98. The molecule has 6 heteroatoms. The Bertz CT molecular complexity index is 775. The molecule has 1 atom stereocenters. The minimum atomic E-state index is -3.73. The van der Waals surface area contributed by atoms with E-state index < -0.39 is 10.0 Å². The van der Waals surface area contributed by atoms with Gasteiger partial charge in [-0.3, -0.25) is 4.72 Å². The fourth-order valence-corrected chi connectivity index (χ4v) is 2.90. The Morgan fingerprint density at radius 2 is 1.76 bits per heavy atom. The number of benzene rings is 2. The van der Waals surface area contributed by atoms with E-state index in [1.807, 2.05) is 13.0 Å². The van der Waals surface area contributed by atoms with Crippen LogP contribution in [0.15, 0.2) is 53.4 Å². The maximum atomic E-state index is 12.3. The molecule has 0 amide bonds. The van der Waals surface area contributed by atoms with Crippen molar-refractivity contribution in [1.82, 2.24) is 0 Å². The molecule has 0 radical (unpaired) electrons. The van der Waals surface area contributed by atoms with Crippen molar-refractivity contribution in [2.24, 2.45) is 5.73 Å². The van der Waals surface area contributed by atoms with Crippen LogP contribution in [-0.4, -0.2) is 8.42 Å². The van der Waals surface area contributed by atoms with Crippen molar-refractivity contribution >= 4 is 15.7 Å². The van der Waals surface area contributed by atoms with E-state index in [0.717, 1.165) is 5.56 Å². The normalized spacial score (nSPS) is 12.4. The predicted molar refractivity (Wildman–Crippen MR) is 81.0 cm³/mol. The Kier molecular flexibility index (Phi) is 4.26. The first-order valence-electron chi connectivity index (χ1n) is 6.31. The van der Waals surface area contributed by atoms with Gasteiger partial charge in [0.05, 0.1) is 16.1 Å². The van der Waals surface area contributed by atoms with Gasteiger partial charge in [-0.25, -0.2) is 8.42 Å². The van der Waals surface area contributed by atoms with E-state index >= 15 is 0 Å². The molecule has 0 aliphatic heterocycles. The van der Waals surface area contributed by atoms with Crippen LogP contribution in [0.25, 0.3) is 0 Å². The Balaban J connectivity index is 2.32. The van der Waals surface area contributed by atoms with E-state index in [1.165, 1.54) is 12.1 Å². The average Bonchev–Trinajstić information content (AvgIpc) is 2.47. The lowest BCUT2D eigenvalue weighted by Crippen LogP contribution is -2.14. The number of para-hydroxylation sites is 1. The van der Waals surface area contributed by atoms with Crippen LogP contribution in [0.1, 0.15) is 24.1 Å². The summed E-state index contributed by atoms with van der Waals surface area (Å²) in [6.45, 7) is 1.82. The van der Waals surface area contributed by atoms with Gasteiger partial charge in [0.15, 0.2) is 0 Å². The number of rotatable bonds is 4. The summed E-state index contributed by atoms with van der Waals surface area (Å²) in [7, 11) is -3.73. The quantitative estimate of drug-likeness (QED) is 0.906. The molecule has 0 bridgehead atoms. The number of hydrogen-bond donors (Lipinski definition) is 2. The highest BCUT2D eigenvalue weighted by Crippen LogP contribution is 2.20. The summed E-state index contributed by atoms with van der Waals surface area (Å²) < 4.78 is 27.0. The fourth-order valence-electron chi connectivity index (χ4n) is 1.82. The zero-order valence-corrected chi connectivity index (χ0v) is 12.3. The van der Waals surface area contributed by atoms with Crippen LogP contribution in [-0.2, 0) is 10.0 Å². The van der Waals surface area contributed by atoms with Crippen molar-refractivity contribution in [2.75, 3.05) is 4.72 Å². The van der Waals surface area contributed by atoms with Gasteiger partial charge in [0.2, 0.25) is 0 Å². The van der Waals surface area contributed by atoms with Crippen LogP contribution in [0.4, 0.5) is 5.69 Å². The Hall–Kier alpha value is -2.36. The van der Waals surface area contributed by atoms with E-state index in [9.17, 15) is 8.42 Å². The molecule has 1 unspecified atom stereocenters. The molecule has 0 aliphatic rings. The molecule has 0 aromatic heterocycles. The number of anilines is 1. The van der Waals surface area contributed by atoms with E-state index in [-0.39, 0.29) is 22.2 Å². The van der Waals surface area contributed by atoms with Crippen LogP contribution in [0.3, 0.4) is 0 Å². The summed E-state index contributed by atoms with van der Waals surface area (Å²) in [4.78, 5) is 0.125. The van der Waals surface area contributed by atoms with Crippen LogP contribution in [0.2, 0.25) is 0 Å². The number of nitriles is 1. The minimum absolute atomic E-state index is 0.125. The molecule has 2 aromatic rings. The average molecular weight is 301 g/mol. The van der Waals surface area contributed by atoms with Gasteiger partial charge in [-0.2, -0.15) is 5.26 Å². The molecule has 21 heavy (non-hydrogen) atoms. The molecule has 3 N–H and O–H groups in total. The third-order valence-electron chi connectivity index (χ3n) is 3.01. The predicted octanol–water partition coefficient (Wildman–Crippen LogP) is 2.38. The number of sulfonamides is 1. The van der Waals surface area contributed by atoms with Crippen LogP contribution in [0.5, 0.6) is 0 Å². The number of nitrogens with zero attached hydrogens (tertiary/aromatic N) is 1. The molecule has 0 spiro atoms. The molecule has 0 saturated heterocycles. The highest BCUT2D eigenvalue weighted by Gasteiger charge is 2.16. The molecule has 0 aliphatic carbocycles. The topological polar surface area (TPSA) is 96.0 Å². The number of hydrogen-bond acceptors (Lipinski definition) is 4. The summed E-state index contributed by atoms with van der Waals surface area (Å²) in [6, 6.07) is 14.6. The molecule has 0 saturated carbocycles. The SMILES string of the molecule is CC(N)c1ccc(S(=O)(=O)Nc2ccccc2C#N)cc1. The van der Waals surface area contributed by atoms with Crippen molar-refractivity contribution in [3.8, 4) is 6.07 Å². The molecule has 2 rings (SSSR count). The first kappa shape index (κ1) is 15.0. The van der Waals surface area contributed by atoms with Crippen molar-refractivity contribution in [3.05, 3.63) is 59.7 Å². The second-order valence-electron chi connectivity index (χ2n) is 4.62. The minimum Gasteiger partial charge on any atom is -0.324 e. The first-order chi connectivity index (χ1) is 9.94. The Morgan fingerprint density at radius 1 is 1.14 bits per heavy atom. The Morgan fingerprint density at radius 3 is 2.33 bits per heavy atom. The van der Waals surface area contributed by atoms with Gasteiger partial charge in [0.1, 0.15) is 6.07 Å². The summed E-state index contributed by atoms with van der Waals surface area (Å²) in [5.74, 6) is 0. The molecular weight excluding hydrogens is 286 g/mol. The highest BCUT2D eigenvalue weighted by molar-refractivity contribution is 7.92. The van der Waals surface area contributed by atoms with Crippen molar-refractivity contribution in [1.29, 1.82) is 5.26 Å². The maximum Gasteiger partial charge on any atom is 0.261 e. The van der Waals surface area contributed by atoms with Crippen molar-refractivity contribution in [2.45, 2.75) is 17.9 Å². The van der Waals surface area contributed by atoms with Crippen LogP contribution < -0.4 is 10.5 Å². The third-order valence-corrected chi connectivity index (χ3v) is 4.39. The summed E-state index contributed by atoms with van der Waals surface area (Å²) in [6.07, 6.45) is 0. The largest absolute Gasteiger partial charge is 0.324 e. The van der Waals surface area contributed by atoms with Gasteiger partial charge < -0.3 is 5.73 Å². The number of nitrogens with one attached hydrogen (secondary N) is 1. The fraction of sp³-hybridized carbons (Fsp3) is 0.133. The molecule has 0 fully saturated rings. The molecule has 2 aromatic carbocycles. The third kappa shape index (κ3) is 3.40. The monoisotopic (exact) mass is 301 g/mol. The van der Waals surface area contributed by atoms with E-state index in [0.29, 0.717) is 0 Å². The second-order valence-corrected chi connectivity index (χ2v) is 6.30. The lowest BCUT2D eigenvalue weighted by atomic mass is 10.1. The second kappa shape index (κ2) is 5.95. The molecule has 108 valence electrons. The van der Waals surface area contributed by atoms with Crippen molar-refractivity contribution < 1.29 is 8.42 Å². The molecule has 5 nitrogen and oxygen atoms in total. The van der Waals surface area contributed by atoms with Gasteiger partial charge in [0.25, 0.3) is 10.0 Å². The molecular formula is C15H15N3O2S. The van der Waals surface area contributed by atoms with Gasteiger partial charge >= 0.3 is 0 Å². The van der Waals surface area contributed by atoms with Crippen LogP contribution in [0, 0.1) is 11.3 Å². The van der Waals surface area contributed by atoms with Gasteiger partial charge in [0, 0.05) is 6.04 Å². The standard InChI is InChI=1S/C15H15N3O2S/c1-11(17)12-6-8-14(9-7-12)21(19,20)18-15-5-3-2-4-13(15)10-16/h2-9,11,18H,17H2,1H3. The number of nitrogens with two attached hydrogens (primary N) is 1. The van der Waals surface area contributed by atoms with E-state index in [2.05, 4.69) is 4.72 Å². The van der Waals surface area contributed by atoms with Crippen molar-refractivity contribution in [3.63, 3.8) is 0 Å². The zero-order valence-electron chi connectivity index (χ0n) is 11.4. The lowest BCUT2D eigenvalue weighted by molar-refractivity contribution is 0.601. The van der Waals surface area contributed by atoms with Crippen LogP contribution >= 0.6 is 0 Å². The summed E-state index contributed by atoms with van der Waals surface area (Å²) >= 11 is 0.